The predicted molar refractivity (Wildman–Crippen MR) is 89.3 cm³/mol. The van der Waals surface area contributed by atoms with Crippen molar-refractivity contribution in [2.45, 2.75) is 38.7 Å². The highest BCUT2D eigenvalue weighted by Gasteiger charge is 2.53. The van der Waals surface area contributed by atoms with Gasteiger partial charge in [0.2, 0.25) is 0 Å². The fourth-order valence-corrected chi connectivity index (χ4v) is 4.10. The predicted octanol–water partition coefficient (Wildman–Crippen LogP) is 2.49. The molecule has 1 aliphatic heterocycles. The number of fused-ring (bicyclic) bond motifs is 1. The Bertz CT molecular complexity index is 782. The topological polar surface area (TPSA) is 105 Å². The number of aliphatic hydroxyl groups is 1. The van der Waals surface area contributed by atoms with Crippen LogP contribution in [0.4, 0.5) is 5.69 Å². The van der Waals surface area contributed by atoms with Crippen molar-refractivity contribution in [3.8, 4) is 0 Å². The molecule has 3 rings (SSSR count). The Hall–Kier alpha value is -2.41. The van der Waals surface area contributed by atoms with Gasteiger partial charge in [0.05, 0.1) is 22.2 Å². The molecule has 1 fully saturated rings. The van der Waals surface area contributed by atoms with Crippen LogP contribution in [0.15, 0.2) is 34.5 Å². The lowest BCUT2D eigenvalue weighted by Crippen LogP contribution is -2.53. The molecule has 7 heteroatoms. The van der Waals surface area contributed by atoms with Gasteiger partial charge in [0.25, 0.3) is 5.69 Å². The molecule has 1 aromatic carbocycles. The van der Waals surface area contributed by atoms with Crippen LogP contribution in [0.3, 0.4) is 0 Å². The Morgan fingerprint density at radius 1 is 1.42 bits per heavy atom. The number of hydrogen-bond donors (Lipinski definition) is 1. The number of nitro benzene ring substituents is 1. The summed E-state index contributed by atoms with van der Waals surface area (Å²) < 4.78 is 0. The van der Waals surface area contributed by atoms with Gasteiger partial charge >= 0.3 is 0 Å². The van der Waals surface area contributed by atoms with Gasteiger partial charge in [-0.25, -0.2) is 0 Å². The van der Waals surface area contributed by atoms with E-state index >= 15 is 0 Å². The van der Waals surface area contributed by atoms with E-state index in [1.54, 1.807) is 19.1 Å². The van der Waals surface area contributed by atoms with Gasteiger partial charge in [0, 0.05) is 36.1 Å². The van der Waals surface area contributed by atoms with Gasteiger partial charge in [-0.3, -0.25) is 14.9 Å². The molecule has 1 aliphatic carbocycles. The minimum atomic E-state index is -1.27. The van der Waals surface area contributed by atoms with E-state index in [0.29, 0.717) is 5.56 Å². The highest BCUT2D eigenvalue weighted by atomic mass is 16.6. The SMILES string of the molecule is CC(=O)[C@@H]1[C@H](c2cccc([N+](=O)[O-])c2)[C@@H]2C(C)=NN=C2C[C@@]1(C)O. The van der Waals surface area contributed by atoms with Crippen LogP contribution in [0.2, 0.25) is 0 Å². The van der Waals surface area contributed by atoms with Gasteiger partial charge in [-0.2, -0.15) is 10.2 Å². The number of rotatable bonds is 3. The number of carbonyl (C=O) groups is 1. The third kappa shape index (κ3) is 2.54. The normalized spacial score (nSPS) is 31.9. The van der Waals surface area contributed by atoms with Crippen LogP contribution in [-0.4, -0.2) is 32.8 Å². The van der Waals surface area contributed by atoms with Crippen LogP contribution in [0.1, 0.15) is 38.7 Å². The second-order valence-corrected chi connectivity index (χ2v) is 6.81. The standard InChI is InChI=1S/C17H19N3O4/c1-9-14-13(19-18-9)8-17(3,22)16(10(2)21)15(14)11-5-4-6-12(7-11)20(23)24/h4-7,14-16,22H,8H2,1-3H3/t14-,15-,16-,17-/m1/s1. The van der Waals surface area contributed by atoms with Crippen LogP contribution in [-0.2, 0) is 4.79 Å². The molecule has 126 valence electrons. The summed E-state index contributed by atoms with van der Waals surface area (Å²) in [4.78, 5) is 23.0. The van der Waals surface area contributed by atoms with Crippen molar-refractivity contribution >= 4 is 22.9 Å². The van der Waals surface area contributed by atoms with Gasteiger partial charge in [-0.1, -0.05) is 12.1 Å². The zero-order valence-electron chi connectivity index (χ0n) is 13.8. The average molecular weight is 329 g/mol. The van der Waals surface area contributed by atoms with E-state index in [9.17, 15) is 20.0 Å². The number of nitrogens with zero attached hydrogens (tertiary/aromatic N) is 3. The molecule has 0 amide bonds. The summed E-state index contributed by atoms with van der Waals surface area (Å²) in [5.41, 5.74) is 0.843. The third-order valence-electron chi connectivity index (χ3n) is 4.98. The first-order valence-corrected chi connectivity index (χ1v) is 7.80. The molecule has 0 bridgehead atoms. The number of ketones is 1. The fraction of sp³-hybridized carbons (Fsp3) is 0.471. The molecule has 0 spiro atoms. The number of hydrogen-bond acceptors (Lipinski definition) is 6. The van der Waals surface area contributed by atoms with E-state index in [1.165, 1.54) is 19.1 Å². The van der Waals surface area contributed by atoms with E-state index < -0.39 is 22.4 Å². The van der Waals surface area contributed by atoms with Gasteiger partial charge in [0.1, 0.15) is 5.78 Å². The van der Waals surface area contributed by atoms with Crippen molar-refractivity contribution < 1.29 is 14.8 Å². The second kappa shape index (κ2) is 5.59. The Morgan fingerprint density at radius 2 is 2.12 bits per heavy atom. The van der Waals surface area contributed by atoms with E-state index in [1.807, 2.05) is 6.92 Å². The monoisotopic (exact) mass is 329 g/mol. The summed E-state index contributed by atoms with van der Waals surface area (Å²) in [6, 6.07) is 6.26. The first-order chi connectivity index (χ1) is 11.2. The van der Waals surface area contributed by atoms with Crippen LogP contribution in [0, 0.1) is 22.0 Å². The van der Waals surface area contributed by atoms with Crippen molar-refractivity contribution in [1.82, 2.24) is 0 Å². The quantitative estimate of drug-likeness (QED) is 0.679. The molecule has 0 aromatic heterocycles. The Balaban J connectivity index is 2.17. The lowest BCUT2D eigenvalue weighted by Gasteiger charge is -2.45. The molecule has 4 atom stereocenters. The first-order valence-electron chi connectivity index (χ1n) is 7.80. The van der Waals surface area contributed by atoms with E-state index in [-0.39, 0.29) is 23.8 Å². The van der Waals surface area contributed by atoms with Crippen LogP contribution < -0.4 is 0 Å². The molecule has 1 aromatic rings. The van der Waals surface area contributed by atoms with E-state index in [0.717, 1.165) is 11.4 Å². The lowest BCUT2D eigenvalue weighted by atomic mass is 9.59. The van der Waals surface area contributed by atoms with Crippen LogP contribution >= 0.6 is 0 Å². The van der Waals surface area contributed by atoms with Crippen molar-refractivity contribution in [3.63, 3.8) is 0 Å². The van der Waals surface area contributed by atoms with Crippen molar-refractivity contribution in [3.05, 3.63) is 39.9 Å². The van der Waals surface area contributed by atoms with Crippen molar-refractivity contribution in [2.24, 2.45) is 22.0 Å². The summed E-state index contributed by atoms with van der Waals surface area (Å²) in [6.45, 7) is 4.91. The maximum atomic E-state index is 12.3. The molecule has 1 saturated carbocycles. The minimum absolute atomic E-state index is 0.0360. The molecule has 1 N–H and O–H groups in total. The van der Waals surface area contributed by atoms with Crippen molar-refractivity contribution in [2.75, 3.05) is 0 Å². The zero-order chi connectivity index (χ0) is 17.6. The Labute approximate surface area is 139 Å². The molecule has 2 aliphatic rings. The van der Waals surface area contributed by atoms with Gasteiger partial charge < -0.3 is 5.11 Å². The summed E-state index contributed by atoms with van der Waals surface area (Å²) in [6.07, 6.45) is 0.272. The summed E-state index contributed by atoms with van der Waals surface area (Å²) in [7, 11) is 0. The highest BCUT2D eigenvalue weighted by molar-refractivity contribution is 6.12. The molecule has 0 radical (unpaired) electrons. The minimum Gasteiger partial charge on any atom is -0.389 e. The maximum Gasteiger partial charge on any atom is 0.269 e. The number of nitro groups is 1. The average Bonchev–Trinajstić information content (AvgIpc) is 2.85. The molecular weight excluding hydrogens is 310 g/mol. The largest absolute Gasteiger partial charge is 0.389 e. The van der Waals surface area contributed by atoms with Gasteiger partial charge in [0.15, 0.2) is 0 Å². The Morgan fingerprint density at radius 3 is 2.75 bits per heavy atom. The molecule has 0 unspecified atom stereocenters. The number of non-ortho nitro benzene ring substituents is 1. The summed E-state index contributed by atoms with van der Waals surface area (Å²) >= 11 is 0. The molecular formula is C17H19N3O4. The highest BCUT2D eigenvalue weighted by Crippen LogP contribution is 2.48. The van der Waals surface area contributed by atoms with E-state index in [4.69, 9.17) is 0 Å². The Kier molecular flexibility index (Phi) is 3.83. The maximum absolute atomic E-state index is 12.3. The second-order valence-electron chi connectivity index (χ2n) is 6.81. The summed E-state index contributed by atoms with van der Waals surface area (Å²) in [5, 5.41) is 30.3. The summed E-state index contributed by atoms with van der Waals surface area (Å²) in [5.74, 6) is -1.45. The van der Waals surface area contributed by atoms with Gasteiger partial charge in [-0.15, -0.1) is 0 Å². The van der Waals surface area contributed by atoms with Crippen LogP contribution in [0.25, 0.3) is 0 Å². The van der Waals surface area contributed by atoms with Crippen molar-refractivity contribution in [1.29, 1.82) is 0 Å². The molecule has 7 nitrogen and oxygen atoms in total. The van der Waals surface area contributed by atoms with Crippen LogP contribution in [0.5, 0.6) is 0 Å². The first kappa shape index (κ1) is 16.4. The smallest absolute Gasteiger partial charge is 0.269 e. The van der Waals surface area contributed by atoms with Gasteiger partial charge in [-0.05, 0) is 26.3 Å². The number of Topliss-reactive ketones (excluding diaryl/α,β-unsaturated/α-hetero) is 1. The molecule has 24 heavy (non-hydrogen) atoms. The zero-order valence-corrected chi connectivity index (χ0v) is 13.8. The molecule has 0 saturated heterocycles. The third-order valence-corrected chi connectivity index (χ3v) is 4.98. The number of benzene rings is 1. The van der Waals surface area contributed by atoms with E-state index in [2.05, 4.69) is 10.2 Å². The lowest BCUT2D eigenvalue weighted by molar-refractivity contribution is -0.385. The molecule has 1 heterocycles. The fourth-order valence-electron chi connectivity index (χ4n) is 4.10. The number of carbonyl (C=O) groups excluding carboxylic acids is 1.